The van der Waals surface area contributed by atoms with Crippen molar-refractivity contribution in [1.29, 1.82) is 5.26 Å². The summed E-state index contributed by atoms with van der Waals surface area (Å²) in [6.45, 7) is 3.57. The first-order valence-electron chi connectivity index (χ1n) is 4.71. The molecule has 0 aliphatic carbocycles. The van der Waals surface area contributed by atoms with Gasteiger partial charge in [-0.25, -0.2) is 0 Å². The van der Waals surface area contributed by atoms with E-state index < -0.39 is 0 Å². The van der Waals surface area contributed by atoms with Gasteiger partial charge in [0.05, 0.1) is 22.6 Å². The molecule has 0 atom stereocenters. The van der Waals surface area contributed by atoms with Crippen LogP contribution in [0.1, 0.15) is 19.4 Å². The standard InChI is InChI=1S/C10H12N4O2/c1-8(2)13(14(16)12-15)10-5-3-9(7-11)4-6-10/h3-6,8,15H,1-2H3/b14-12-. The van der Waals surface area contributed by atoms with Crippen LogP contribution >= 0.6 is 0 Å². The molecule has 1 aromatic carbocycles. The molecule has 0 fully saturated rings. The normalized spacial score (nSPS) is 11.2. The van der Waals surface area contributed by atoms with E-state index in [0.29, 0.717) is 11.3 Å². The zero-order valence-corrected chi connectivity index (χ0v) is 9.03. The van der Waals surface area contributed by atoms with Crippen molar-refractivity contribution in [3.63, 3.8) is 0 Å². The monoisotopic (exact) mass is 220 g/mol. The minimum absolute atomic E-state index is 0.103. The summed E-state index contributed by atoms with van der Waals surface area (Å²) in [5.74, 6) is 0. The maximum absolute atomic E-state index is 11.3. The molecule has 0 aromatic heterocycles. The molecule has 0 radical (unpaired) electrons. The van der Waals surface area contributed by atoms with Gasteiger partial charge >= 0.3 is 0 Å². The molecule has 1 N–H and O–H groups in total. The number of nitrogens with zero attached hydrogens (tertiary/aromatic N) is 4. The Kier molecular flexibility index (Phi) is 3.67. The Hall–Kier alpha value is -2.29. The minimum Gasteiger partial charge on any atom is -0.569 e. The second-order valence-corrected chi connectivity index (χ2v) is 3.44. The van der Waals surface area contributed by atoms with E-state index in [1.807, 2.05) is 6.07 Å². The Labute approximate surface area is 93.2 Å². The van der Waals surface area contributed by atoms with Crippen LogP contribution in [0.3, 0.4) is 0 Å². The molecule has 0 unspecified atom stereocenters. The van der Waals surface area contributed by atoms with Gasteiger partial charge in [-0.15, -0.1) is 5.01 Å². The van der Waals surface area contributed by atoms with Crippen molar-refractivity contribution >= 4 is 5.69 Å². The third kappa shape index (κ3) is 2.39. The van der Waals surface area contributed by atoms with Gasteiger partial charge in [0.2, 0.25) is 5.28 Å². The van der Waals surface area contributed by atoms with E-state index in [1.54, 1.807) is 38.1 Å². The van der Waals surface area contributed by atoms with Crippen molar-refractivity contribution in [2.45, 2.75) is 19.9 Å². The van der Waals surface area contributed by atoms with Gasteiger partial charge < -0.3 is 10.4 Å². The minimum atomic E-state index is -0.165. The molecule has 0 aliphatic heterocycles. The largest absolute Gasteiger partial charge is 0.569 e. The zero-order valence-electron chi connectivity index (χ0n) is 9.03. The van der Waals surface area contributed by atoms with Gasteiger partial charge in [-0.3, -0.25) is 0 Å². The van der Waals surface area contributed by atoms with Gasteiger partial charge in [-0.1, -0.05) is 0 Å². The summed E-state index contributed by atoms with van der Waals surface area (Å²) < 4.78 is 0. The summed E-state index contributed by atoms with van der Waals surface area (Å²) in [4.78, 5) is 0.103. The molecule has 1 rings (SSSR count). The van der Waals surface area contributed by atoms with E-state index >= 15 is 0 Å². The summed E-state index contributed by atoms with van der Waals surface area (Å²) in [5.41, 5.74) is 1.06. The van der Waals surface area contributed by atoms with Crippen LogP contribution in [0.25, 0.3) is 0 Å². The number of hydrogen-bond acceptors (Lipinski definition) is 3. The SMILES string of the molecule is CC(C)N(c1ccc(C#N)cc1)/[N+]([O-])=N/O. The van der Waals surface area contributed by atoms with Crippen molar-refractivity contribution in [2.24, 2.45) is 5.28 Å². The lowest BCUT2D eigenvalue weighted by atomic mass is 10.2. The average molecular weight is 220 g/mol. The number of hydrazine groups is 1. The molecular formula is C10H12N4O2. The molecule has 16 heavy (non-hydrogen) atoms. The predicted octanol–water partition coefficient (Wildman–Crippen LogP) is 2.04. The van der Waals surface area contributed by atoms with Gasteiger partial charge in [0.1, 0.15) is 5.69 Å². The number of hydrogen-bond donors (Lipinski definition) is 1. The molecule has 84 valence electrons. The van der Waals surface area contributed by atoms with Crippen LogP contribution in [-0.2, 0) is 0 Å². The summed E-state index contributed by atoms with van der Waals surface area (Å²) >= 11 is 0. The second-order valence-electron chi connectivity index (χ2n) is 3.44. The maximum atomic E-state index is 11.3. The van der Waals surface area contributed by atoms with Crippen LogP contribution < -0.4 is 5.01 Å². The zero-order chi connectivity index (χ0) is 12.1. The van der Waals surface area contributed by atoms with Crippen LogP contribution in [0, 0.1) is 16.5 Å². The van der Waals surface area contributed by atoms with Crippen LogP contribution in [0.2, 0.25) is 0 Å². The van der Waals surface area contributed by atoms with Crippen LogP contribution in [0.4, 0.5) is 5.69 Å². The summed E-state index contributed by atoms with van der Waals surface area (Å²) in [7, 11) is 0. The molecule has 0 saturated carbocycles. The lowest BCUT2D eigenvalue weighted by Gasteiger charge is -2.20. The maximum Gasteiger partial charge on any atom is 0.231 e. The number of anilines is 1. The van der Waals surface area contributed by atoms with Gasteiger partial charge in [-0.2, -0.15) is 5.26 Å². The summed E-state index contributed by atoms with van der Waals surface area (Å²) in [5, 5.41) is 32.2. The number of nitriles is 1. The Balaban J connectivity index is 3.08. The molecule has 0 aliphatic rings. The van der Waals surface area contributed by atoms with Crippen molar-refractivity contribution < 1.29 is 10.2 Å². The highest BCUT2D eigenvalue weighted by Crippen LogP contribution is 2.17. The molecular weight excluding hydrogens is 208 g/mol. The molecule has 0 amide bonds. The first-order valence-corrected chi connectivity index (χ1v) is 4.71. The Morgan fingerprint density at radius 3 is 2.38 bits per heavy atom. The lowest BCUT2D eigenvalue weighted by Crippen LogP contribution is -2.36. The molecule has 0 saturated heterocycles. The first-order chi connectivity index (χ1) is 7.60. The third-order valence-electron chi connectivity index (χ3n) is 2.01. The fourth-order valence-corrected chi connectivity index (χ4v) is 1.33. The topological polar surface area (TPSA) is 85.7 Å². The van der Waals surface area contributed by atoms with Crippen molar-refractivity contribution in [1.82, 2.24) is 0 Å². The number of benzene rings is 1. The van der Waals surface area contributed by atoms with Gasteiger partial charge in [0.15, 0.2) is 0 Å². The van der Waals surface area contributed by atoms with E-state index in [1.165, 1.54) is 5.01 Å². The molecule has 0 bridgehead atoms. The van der Waals surface area contributed by atoms with E-state index in [0.717, 1.165) is 0 Å². The fourth-order valence-electron chi connectivity index (χ4n) is 1.33. The van der Waals surface area contributed by atoms with Crippen LogP contribution in [0.15, 0.2) is 29.5 Å². The van der Waals surface area contributed by atoms with E-state index in [4.69, 9.17) is 10.5 Å². The highest BCUT2D eigenvalue weighted by Gasteiger charge is 2.19. The molecule has 0 heterocycles. The molecule has 6 nitrogen and oxygen atoms in total. The second kappa shape index (κ2) is 4.98. The predicted molar refractivity (Wildman–Crippen MR) is 56.6 cm³/mol. The Bertz CT molecular complexity index is 419. The van der Waals surface area contributed by atoms with Crippen molar-refractivity contribution in [3.8, 4) is 6.07 Å². The third-order valence-corrected chi connectivity index (χ3v) is 2.01. The summed E-state index contributed by atoms with van der Waals surface area (Å²) in [6, 6.07) is 8.24. The van der Waals surface area contributed by atoms with Gasteiger partial charge in [0, 0.05) is 0 Å². The Morgan fingerprint density at radius 1 is 1.44 bits per heavy atom. The van der Waals surface area contributed by atoms with E-state index in [9.17, 15) is 5.21 Å². The quantitative estimate of drug-likeness (QED) is 0.479. The van der Waals surface area contributed by atoms with Gasteiger partial charge in [0.25, 0.3) is 0 Å². The molecule has 1 aromatic rings. The van der Waals surface area contributed by atoms with Gasteiger partial charge in [-0.05, 0) is 38.1 Å². The highest BCUT2D eigenvalue weighted by molar-refractivity contribution is 5.47. The molecule has 0 spiro atoms. The van der Waals surface area contributed by atoms with Crippen molar-refractivity contribution in [3.05, 3.63) is 35.0 Å². The van der Waals surface area contributed by atoms with Crippen LogP contribution in [-0.4, -0.2) is 16.2 Å². The first kappa shape index (κ1) is 11.8. The van der Waals surface area contributed by atoms with E-state index in [2.05, 4.69) is 5.28 Å². The Morgan fingerprint density at radius 2 is 2.00 bits per heavy atom. The smallest absolute Gasteiger partial charge is 0.231 e. The van der Waals surface area contributed by atoms with E-state index in [-0.39, 0.29) is 11.0 Å². The lowest BCUT2D eigenvalue weighted by molar-refractivity contribution is -0.571. The van der Waals surface area contributed by atoms with Crippen molar-refractivity contribution in [2.75, 3.05) is 5.01 Å². The number of rotatable bonds is 3. The van der Waals surface area contributed by atoms with Crippen LogP contribution in [0.5, 0.6) is 0 Å². The molecule has 6 heteroatoms. The highest BCUT2D eigenvalue weighted by atomic mass is 16.6. The average Bonchev–Trinajstić information content (AvgIpc) is 2.29. The fraction of sp³-hybridized carbons (Fsp3) is 0.300. The summed E-state index contributed by atoms with van der Waals surface area (Å²) in [6.07, 6.45) is 0.